The van der Waals surface area contributed by atoms with Crippen LogP contribution in [-0.4, -0.2) is 57.9 Å². The van der Waals surface area contributed by atoms with E-state index in [-0.39, 0.29) is 18.4 Å². The molecule has 1 rings (SSSR count). The van der Waals surface area contributed by atoms with Crippen molar-refractivity contribution >= 4 is 10.0 Å². The van der Waals surface area contributed by atoms with E-state index in [1.807, 2.05) is 6.92 Å². The topological polar surface area (TPSA) is 58.6 Å². The monoisotopic (exact) mass is 222 g/mol. The van der Waals surface area contributed by atoms with Crippen molar-refractivity contribution in [2.45, 2.75) is 13.0 Å². The summed E-state index contributed by atoms with van der Waals surface area (Å²) < 4.78 is 29.8. The smallest absolute Gasteiger partial charge is 0.216 e. The molecule has 0 aromatic heterocycles. The molecule has 0 spiro atoms. The molecule has 0 aliphatic carbocycles. The number of ether oxygens (including phenoxy) is 1. The van der Waals surface area contributed by atoms with Crippen LogP contribution in [0, 0.1) is 0 Å². The zero-order chi connectivity index (χ0) is 10.6. The lowest BCUT2D eigenvalue weighted by molar-refractivity contribution is 0.161. The van der Waals surface area contributed by atoms with E-state index in [0.717, 1.165) is 13.1 Å². The number of sulfonamides is 1. The van der Waals surface area contributed by atoms with Crippen molar-refractivity contribution in [2.75, 3.05) is 39.1 Å². The molecule has 1 fully saturated rings. The summed E-state index contributed by atoms with van der Waals surface area (Å²) in [7, 11) is -1.49. The minimum Gasteiger partial charge on any atom is -0.381 e. The van der Waals surface area contributed by atoms with Gasteiger partial charge in [-0.15, -0.1) is 0 Å². The summed E-state index contributed by atoms with van der Waals surface area (Å²) in [5, 5.41) is 3.04. The molecule has 1 aliphatic heterocycles. The highest BCUT2D eigenvalue weighted by atomic mass is 32.2. The van der Waals surface area contributed by atoms with Crippen molar-refractivity contribution in [1.29, 1.82) is 0 Å². The summed E-state index contributed by atoms with van der Waals surface area (Å²) in [5.41, 5.74) is 0. The molecule has 1 saturated heterocycles. The molecule has 84 valence electrons. The van der Waals surface area contributed by atoms with E-state index >= 15 is 0 Å². The second-order valence-electron chi connectivity index (χ2n) is 3.34. The third-order valence-corrected chi connectivity index (χ3v) is 4.26. The lowest BCUT2D eigenvalue weighted by atomic mass is 10.2. The second kappa shape index (κ2) is 5.06. The fraction of sp³-hybridized carbons (Fsp3) is 1.00. The molecule has 0 atom stereocenters. The zero-order valence-corrected chi connectivity index (χ0v) is 9.51. The Labute approximate surface area is 85.5 Å². The van der Waals surface area contributed by atoms with Crippen LogP contribution >= 0.6 is 0 Å². The predicted molar refractivity (Wildman–Crippen MR) is 54.7 cm³/mol. The fourth-order valence-electron chi connectivity index (χ4n) is 1.21. The van der Waals surface area contributed by atoms with Crippen LogP contribution in [0.15, 0.2) is 0 Å². The van der Waals surface area contributed by atoms with Crippen LogP contribution in [0.2, 0.25) is 0 Å². The third kappa shape index (κ3) is 2.91. The number of rotatable bonds is 6. The van der Waals surface area contributed by atoms with Gasteiger partial charge in [-0.05, 0) is 6.92 Å². The largest absolute Gasteiger partial charge is 0.381 e. The molecule has 0 aromatic carbocycles. The van der Waals surface area contributed by atoms with Gasteiger partial charge in [0.2, 0.25) is 10.0 Å². The van der Waals surface area contributed by atoms with E-state index in [9.17, 15) is 8.42 Å². The van der Waals surface area contributed by atoms with Crippen LogP contribution in [-0.2, 0) is 14.8 Å². The van der Waals surface area contributed by atoms with Gasteiger partial charge in [-0.2, -0.15) is 4.31 Å². The number of hydrogen-bond donors (Lipinski definition) is 1. The maximum absolute atomic E-state index is 11.7. The lowest BCUT2D eigenvalue weighted by Crippen LogP contribution is -2.57. The van der Waals surface area contributed by atoms with Gasteiger partial charge >= 0.3 is 0 Å². The highest BCUT2D eigenvalue weighted by Crippen LogP contribution is 2.08. The second-order valence-corrected chi connectivity index (χ2v) is 5.49. The molecule has 0 unspecified atom stereocenters. The van der Waals surface area contributed by atoms with Crippen molar-refractivity contribution < 1.29 is 13.2 Å². The molecule has 0 amide bonds. The maximum Gasteiger partial charge on any atom is 0.216 e. The van der Waals surface area contributed by atoms with Gasteiger partial charge in [0.1, 0.15) is 0 Å². The normalized spacial score (nSPS) is 18.5. The number of hydrogen-bond acceptors (Lipinski definition) is 4. The van der Waals surface area contributed by atoms with E-state index < -0.39 is 10.0 Å². The van der Waals surface area contributed by atoms with Crippen LogP contribution in [0.1, 0.15) is 6.92 Å². The van der Waals surface area contributed by atoms with Crippen molar-refractivity contribution in [2.24, 2.45) is 0 Å². The summed E-state index contributed by atoms with van der Waals surface area (Å²) in [4.78, 5) is 0. The van der Waals surface area contributed by atoms with Gasteiger partial charge in [-0.3, -0.25) is 0 Å². The van der Waals surface area contributed by atoms with Gasteiger partial charge in [-0.25, -0.2) is 8.42 Å². The summed E-state index contributed by atoms with van der Waals surface area (Å²) in [6.45, 7) is 4.20. The first-order valence-electron chi connectivity index (χ1n) is 4.82. The summed E-state index contributed by atoms with van der Waals surface area (Å²) in [6.07, 6.45) is 0. The summed E-state index contributed by atoms with van der Waals surface area (Å²) in [6, 6.07) is 0.127. The van der Waals surface area contributed by atoms with Crippen molar-refractivity contribution in [1.82, 2.24) is 9.62 Å². The first kappa shape index (κ1) is 11.9. The van der Waals surface area contributed by atoms with Gasteiger partial charge in [0.15, 0.2) is 0 Å². The fourth-order valence-corrected chi connectivity index (χ4v) is 2.43. The molecule has 0 radical (unpaired) electrons. The Hall–Kier alpha value is -0.170. The lowest BCUT2D eigenvalue weighted by Gasteiger charge is -2.34. The standard InChI is InChI=1S/C8H18N2O3S/c1-3-13-4-5-14(11,12)10(2)8-6-9-7-8/h8-9H,3-7H2,1-2H3. The van der Waals surface area contributed by atoms with Crippen molar-refractivity contribution in [3.63, 3.8) is 0 Å². The van der Waals surface area contributed by atoms with Crippen LogP contribution in [0.3, 0.4) is 0 Å². The van der Waals surface area contributed by atoms with Crippen molar-refractivity contribution in [3.05, 3.63) is 0 Å². The van der Waals surface area contributed by atoms with Gasteiger partial charge in [0.05, 0.1) is 12.4 Å². The Bertz CT molecular complexity index is 262. The van der Waals surface area contributed by atoms with Gasteiger partial charge in [0, 0.05) is 32.8 Å². The Balaban J connectivity index is 2.38. The van der Waals surface area contributed by atoms with Crippen LogP contribution < -0.4 is 5.32 Å². The SMILES string of the molecule is CCOCCS(=O)(=O)N(C)C1CNC1. The quantitative estimate of drug-likeness (QED) is 0.601. The molecule has 1 aliphatic rings. The minimum absolute atomic E-state index is 0.0772. The molecule has 1 N–H and O–H groups in total. The molecule has 0 bridgehead atoms. The van der Waals surface area contributed by atoms with E-state index in [1.165, 1.54) is 4.31 Å². The molecule has 5 nitrogen and oxygen atoms in total. The van der Waals surface area contributed by atoms with Crippen molar-refractivity contribution in [3.8, 4) is 0 Å². The predicted octanol–water partition coefficient (Wildman–Crippen LogP) is -0.744. The molecule has 6 heteroatoms. The molecular weight excluding hydrogens is 204 g/mol. The first-order valence-corrected chi connectivity index (χ1v) is 6.43. The Morgan fingerprint density at radius 3 is 2.57 bits per heavy atom. The van der Waals surface area contributed by atoms with Crippen LogP contribution in [0.25, 0.3) is 0 Å². The van der Waals surface area contributed by atoms with E-state index in [2.05, 4.69) is 5.32 Å². The first-order chi connectivity index (χ1) is 6.58. The average molecular weight is 222 g/mol. The highest BCUT2D eigenvalue weighted by molar-refractivity contribution is 7.89. The molecular formula is C8H18N2O3S. The molecule has 0 aromatic rings. The van der Waals surface area contributed by atoms with Crippen LogP contribution in [0.5, 0.6) is 0 Å². The number of likely N-dealkylation sites (N-methyl/N-ethyl adjacent to an activating group) is 1. The van der Waals surface area contributed by atoms with E-state index in [0.29, 0.717) is 6.61 Å². The minimum atomic E-state index is -3.12. The van der Waals surface area contributed by atoms with E-state index in [4.69, 9.17) is 4.74 Å². The molecule has 0 saturated carbocycles. The van der Waals surface area contributed by atoms with Gasteiger partial charge < -0.3 is 10.1 Å². The van der Waals surface area contributed by atoms with Crippen LogP contribution in [0.4, 0.5) is 0 Å². The highest BCUT2D eigenvalue weighted by Gasteiger charge is 2.29. The molecule has 1 heterocycles. The van der Waals surface area contributed by atoms with E-state index in [1.54, 1.807) is 7.05 Å². The summed E-state index contributed by atoms with van der Waals surface area (Å²) >= 11 is 0. The number of nitrogens with one attached hydrogen (secondary N) is 1. The molecule has 14 heavy (non-hydrogen) atoms. The summed E-state index contributed by atoms with van der Waals surface area (Å²) in [5.74, 6) is 0.0772. The Morgan fingerprint density at radius 1 is 1.50 bits per heavy atom. The van der Waals surface area contributed by atoms with Gasteiger partial charge in [0.25, 0.3) is 0 Å². The van der Waals surface area contributed by atoms with Gasteiger partial charge in [-0.1, -0.05) is 0 Å². The Kier molecular flexibility index (Phi) is 4.31. The zero-order valence-electron chi connectivity index (χ0n) is 8.69. The number of nitrogens with zero attached hydrogens (tertiary/aromatic N) is 1. The third-order valence-electron chi connectivity index (χ3n) is 2.40. The maximum atomic E-state index is 11.7. The average Bonchev–Trinajstić information content (AvgIpc) is 2.01. The Morgan fingerprint density at radius 2 is 2.14 bits per heavy atom.